The minimum Gasteiger partial charge on any atom is -0.326 e. The minimum atomic E-state index is -0.177. The van der Waals surface area contributed by atoms with Gasteiger partial charge in [-0.3, -0.25) is 9.59 Å². The Morgan fingerprint density at radius 1 is 0.962 bits per heavy atom. The first-order valence-corrected chi connectivity index (χ1v) is 9.06. The number of carbonyl (C=O) groups excluding carboxylic acids is 2. The first-order chi connectivity index (χ1) is 12.7. The van der Waals surface area contributed by atoms with Gasteiger partial charge in [0.05, 0.1) is 12.5 Å². The second-order valence-electron chi connectivity index (χ2n) is 6.69. The summed E-state index contributed by atoms with van der Waals surface area (Å²) in [7, 11) is 0. The van der Waals surface area contributed by atoms with Gasteiger partial charge in [0.15, 0.2) is 5.78 Å². The molecule has 26 heavy (non-hydrogen) atoms. The van der Waals surface area contributed by atoms with Gasteiger partial charge in [0.2, 0.25) is 5.91 Å². The number of Topliss-reactive ketones (excluding diaryl/α,β-unsaturated/α-hetero) is 1. The molecule has 4 heteroatoms. The Morgan fingerprint density at radius 3 is 2.42 bits per heavy atom. The van der Waals surface area contributed by atoms with E-state index < -0.39 is 0 Å². The molecule has 1 aliphatic carbocycles. The molecule has 1 aliphatic rings. The zero-order valence-electron chi connectivity index (χ0n) is 14.8. The van der Waals surface area contributed by atoms with Crippen LogP contribution in [0, 0.1) is 11.3 Å². The summed E-state index contributed by atoms with van der Waals surface area (Å²) < 4.78 is 0. The number of anilines is 1. The van der Waals surface area contributed by atoms with Crippen molar-refractivity contribution in [3.8, 4) is 6.07 Å². The first-order valence-electron chi connectivity index (χ1n) is 9.06. The Balaban J connectivity index is 1.52. The molecule has 1 amide bonds. The maximum absolute atomic E-state index is 12.4. The third-order valence-electron chi connectivity index (χ3n) is 4.77. The fourth-order valence-electron chi connectivity index (χ4n) is 3.30. The molecule has 0 unspecified atom stereocenters. The van der Waals surface area contributed by atoms with Gasteiger partial charge in [-0.2, -0.15) is 5.26 Å². The van der Waals surface area contributed by atoms with Crippen molar-refractivity contribution in [3.05, 3.63) is 64.7 Å². The lowest BCUT2D eigenvalue weighted by Gasteiger charge is -2.16. The van der Waals surface area contributed by atoms with Crippen LogP contribution in [0.25, 0.3) is 0 Å². The molecule has 2 aromatic carbocycles. The zero-order chi connectivity index (χ0) is 18.4. The lowest BCUT2D eigenvalue weighted by molar-refractivity contribution is -0.116. The number of ketones is 1. The minimum absolute atomic E-state index is 0.0119. The Bertz CT molecular complexity index is 847. The van der Waals surface area contributed by atoms with Gasteiger partial charge in [0.1, 0.15) is 0 Å². The highest BCUT2D eigenvalue weighted by Crippen LogP contribution is 2.23. The van der Waals surface area contributed by atoms with Gasteiger partial charge in [-0.15, -0.1) is 0 Å². The van der Waals surface area contributed by atoms with E-state index in [0.29, 0.717) is 17.7 Å². The molecule has 0 saturated carbocycles. The molecule has 2 aromatic rings. The third kappa shape index (κ3) is 4.58. The second kappa shape index (κ2) is 8.44. The molecule has 0 spiro atoms. The van der Waals surface area contributed by atoms with Gasteiger partial charge in [-0.25, -0.2) is 0 Å². The van der Waals surface area contributed by atoms with Gasteiger partial charge >= 0.3 is 0 Å². The number of aryl methyl sites for hydroxylation is 2. The Hall–Kier alpha value is -2.93. The second-order valence-corrected chi connectivity index (χ2v) is 6.69. The van der Waals surface area contributed by atoms with Gasteiger partial charge in [-0.05, 0) is 60.6 Å². The van der Waals surface area contributed by atoms with Crippen LogP contribution in [0.4, 0.5) is 5.69 Å². The molecule has 0 saturated heterocycles. The molecule has 3 rings (SSSR count). The summed E-state index contributed by atoms with van der Waals surface area (Å²) in [6.07, 6.45) is 5.26. The molecule has 0 bridgehead atoms. The van der Waals surface area contributed by atoms with Gasteiger partial charge in [0.25, 0.3) is 0 Å². The van der Waals surface area contributed by atoms with Crippen molar-refractivity contribution in [1.29, 1.82) is 5.26 Å². The summed E-state index contributed by atoms with van der Waals surface area (Å²) in [6, 6.07) is 15.2. The Morgan fingerprint density at radius 2 is 1.69 bits per heavy atom. The molecule has 0 radical (unpaired) electrons. The molecule has 0 heterocycles. The van der Waals surface area contributed by atoms with E-state index in [9.17, 15) is 9.59 Å². The summed E-state index contributed by atoms with van der Waals surface area (Å²) in [5.41, 5.74) is 4.93. The van der Waals surface area contributed by atoms with E-state index in [1.165, 1.54) is 24.0 Å². The van der Waals surface area contributed by atoms with Gasteiger partial charge in [0, 0.05) is 24.1 Å². The van der Waals surface area contributed by atoms with E-state index in [2.05, 4.69) is 17.5 Å². The van der Waals surface area contributed by atoms with Crippen LogP contribution in [0.2, 0.25) is 0 Å². The fraction of sp³-hybridized carbons (Fsp3) is 0.318. The fourth-order valence-corrected chi connectivity index (χ4v) is 3.30. The van der Waals surface area contributed by atoms with E-state index in [4.69, 9.17) is 5.26 Å². The quantitative estimate of drug-likeness (QED) is 0.796. The van der Waals surface area contributed by atoms with E-state index >= 15 is 0 Å². The van der Waals surface area contributed by atoms with Gasteiger partial charge in [-0.1, -0.05) is 24.3 Å². The topological polar surface area (TPSA) is 70.0 Å². The number of nitrogens with one attached hydrogen (secondary N) is 1. The third-order valence-corrected chi connectivity index (χ3v) is 4.77. The maximum Gasteiger partial charge on any atom is 0.224 e. The monoisotopic (exact) mass is 346 g/mol. The smallest absolute Gasteiger partial charge is 0.224 e. The highest BCUT2D eigenvalue weighted by Gasteiger charge is 2.14. The van der Waals surface area contributed by atoms with Crippen LogP contribution in [0.3, 0.4) is 0 Å². The van der Waals surface area contributed by atoms with Crippen molar-refractivity contribution in [1.82, 2.24) is 0 Å². The van der Waals surface area contributed by atoms with Crippen LogP contribution in [0.5, 0.6) is 0 Å². The van der Waals surface area contributed by atoms with Crippen molar-refractivity contribution in [2.45, 2.75) is 44.9 Å². The van der Waals surface area contributed by atoms with E-state index in [1.807, 2.05) is 24.3 Å². The zero-order valence-corrected chi connectivity index (χ0v) is 14.8. The molecule has 4 nitrogen and oxygen atoms in total. The number of nitriles is 1. The van der Waals surface area contributed by atoms with Gasteiger partial charge < -0.3 is 5.32 Å². The van der Waals surface area contributed by atoms with Crippen molar-refractivity contribution in [2.75, 3.05) is 5.32 Å². The van der Waals surface area contributed by atoms with Crippen molar-refractivity contribution >= 4 is 17.4 Å². The lowest BCUT2D eigenvalue weighted by Crippen LogP contribution is -2.14. The van der Waals surface area contributed by atoms with E-state index in [1.54, 1.807) is 12.1 Å². The summed E-state index contributed by atoms with van der Waals surface area (Å²) in [6.45, 7) is 0. The van der Waals surface area contributed by atoms with Crippen LogP contribution < -0.4 is 5.32 Å². The Labute approximate surface area is 153 Å². The summed E-state index contributed by atoms with van der Waals surface area (Å²) in [4.78, 5) is 24.5. The van der Waals surface area contributed by atoms with Crippen LogP contribution >= 0.6 is 0 Å². The summed E-state index contributed by atoms with van der Waals surface area (Å²) >= 11 is 0. The number of amides is 1. The SMILES string of the molecule is N#CCc1ccc(NC(=O)CCC(=O)c2ccc3c(c2)CCCC3)cc1. The highest BCUT2D eigenvalue weighted by molar-refractivity contribution is 6.00. The number of hydrogen-bond acceptors (Lipinski definition) is 3. The molecule has 1 N–H and O–H groups in total. The van der Waals surface area contributed by atoms with E-state index in [-0.39, 0.29) is 24.5 Å². The first kappa shape index (κ1) is 17.9. The molecule has 0 aliphatic heterocycles. The van der Waals surface area contributed by atoms with Crippen molar-refractivity contribution in [3.63, 3.8) is 0 Å². The molecule has 0 atom stereocenters. The largest absolute Gasteiger partial charge is 0.326 e. The number of nitrogens with zero attached hydrogens (tertiary/aromatic N) is 1. The standard InChI is InChI=1S/C22H22N2O2/c23-14-13-16-5-9-20(10-6-16)24-22(26)12-11-21(25)19-8-7-17-3-1-2-4-18(17)15-19/h5-10,15H,1-4,11-13H2,(H,24,26). The highest BCUT2D eigenvalue weighted by atomic mass is 16.2. The predicted octanol–water partition coefficient (Wildman–Crippen LogP) is 4.23. The number of hydrogen-bond donors (Lipinski definition) is 1. The average Bonchev–Trinajstić information content (AvgIpc) is 2.67. The number of carbonyl (C=O) groups is 2. The molecule has 0 fully saturated rings. The van der Waals surface area contributed by atoms with Crippen LogP contribution in [-0.2, 0) is 24.1 Å². The van der Waals surface area contributed by atoms with E-state index in [0.717, 1.165) is 18.4 Å². The average molecular weight is 346 g/mol. The normalized spacial score (nSPS) is 12.7. The molecule has 132 valence electrons. The molecular weight excluding hydrogens is 324 g/mol. The predicted molar refractivity (Wildman–Crippen MR) is 101 cm³/mol. The number of rotatable bonds is 6. The van der Waals surface area contributed by atoms with Crippen LogP contribution in [0.1, 0.15) is 52.7 Å². The van der Waals surface area contributed by atoms with Crippen molar-refractivity contribution < 1.29 is 9.59 Å². The molecular formula is C22H22N2O2. The Kier molecular flexibility index (Phi) is 5.80. The van der Waals surface area contributed by atoms with Crippen molar-refractivity contribution in [2.24, 2.45) is 0 Å². The molecule has 0 aromatic heterocycles. The number of benzene rings is 2. The van der Waals surface area contributed by atoms with Crippen LogP contribution in [0.15, 0.2) is 42.5 Å². The van der Waals surface area contributed by atoms with Crippen LogP contribution in [-0.4, -0.2) is 11.7 Å². The maximum atomic E-state index is 12.4. The summed E-state index contributed by atoms with van der Waals surface area (Å²) in [5, 5.41) is 11.5. The summed E-state index contributed by atoms with van der Waals surface area (Å²) in [5.74, 6) is -0.165. The number of fused-ring (bicyclic) bond motifs is 1. The lowest BCUT2D eigenvalue weighted by atomic mass is 9.89.